The predicted octanol–water partition coefficient (Wildman–Crippen LogP) is 4.54. The van der Waals surface area contributed by atoms with Crippen molar-refractivity contribution < 1.29 is 13.2 Å². The minimum atomic E-state index is -3.78. The van der Waals surface area contributed by atoms with Gasteiger partial charge in [0.1, 0.15) is 4.90 Å². The molecular weight excluding hydrogens is 434 g/mol. The number of halogens is 1. The van der Waals surface area contributed by atoms with Crippen LogP contribution in [0.3, 0.4) is 0 Å². The maximum Gasteiger partial charge on any atom is 0.255 e. The second kappa shape index (κ2) is 8.34. The molecule has 0 atom stereocenters. The van der Waals surface area contributed by atoms with E-state index >= 15 is 0 Å². The first-order valence-electron chi connectivity index (χ1n) is 9.77. The maximum absolute atomic E-state index is 13.0. The molecule has 1 amide bonds. The molecule has 3 aromatic carbocycles. The molecular formula is C23H22ClN3O3S. The number of carbonyl (C=O) groups is 1. The first kappa shape index (κ1) is 21.4. The topological polar surface area (TPSA) is 69.7 Å². The Morgan fingerprint density at radius 2 is 1.68 bits per heavy atom. The fraction of sp³-hybridized carbons (Fsp3) is 0.174. The summed E-state index contributed by atoms with van der Waals surface area (Å²) >= 11 is 6.10. The van der Waals surface area contributed by atoms with Crippen LogP contribution in [0, 0.1) is 0 Å². The van der Waals surface area contributed by atoms with Gasteiger partial charge in [-0.25, -0.2) is 12.7 Å². The Kier molecular flexibility index (Phi) is 5.75. The standard InChI is InChI=1S/C23H22ClN3O3S/c1-26(2)31(29,30)22-15-17(11-12-18(22)24)23(28)25-19-8-4-6-10-21(19)27-14-13-16-7-3-5-9-20(16)27/h3-12,15H,13-14H2,1-2H3,(H,25,28). The molecule has 1 heterocycles. The Bertz CT molecular complexity index is 1260. The summed E-state index contributed by atoms with van der Waals surface area (Å²) in [5.74, 6) is -0.410. The SMILES string of the molecule is CN(C)S(=O)(=O)c1cc(C(=O)Nc2ccccc2N2CCc3ccccc32)ccc1Cl. The summed E-state index contributed by atoms with van der Waals surface area (Å²) in [6, 6.07) is 20.0. The largest absolute Gasteiger partial charge is 0.339 e. The molecule has 0 unspecified atom stereocenters. The van der Waals surface area contributed by atoms with E-state index in [0.29, 0.717) is 5.69 Å². The van der Waals surface area contributed by atoms with Crippen molar-refractivity contribution in [3.8, 4) is 0 Å². The molecule has 1 N–H and O–H groups in total. The molecule has 3 aromatic rings. The van der Waals surface area contributed by atoms with Gasteiger partial charge in [0.25, 0.3) is 5.91 Å². The fourth-order valence-corrected chi connectivity index (χ4v) is 5.03. The van der Waals surface area contributed by atoms with E-state index in [1.807, 2.05) is 36.4 Å². The van der Waals surface area contributed by atoms with Crippen LogP contribution in [0.25, 0.3) is 0 Å². The molecule has 4 rings (SSSR count). The van der Waals surface area contributed by atoms with Crippen molar-refractivity contribution in [3.05, 3.63) is 82.9 Å². The average Bonchev–Trinajstić information content (AvgIpc) is 3.18. The summed E-state index contributed by atoms with van der Waals surface area (Å²) in [7, 11) is -0.940. The number of anilines is 3. The first-order valence-corrected chi connectivity index (χ1v) is 11.6. The highest BCUT2D eigenvalue weighted by molar-refractivity contribution is 7.89. The number of rotatable bonds is 5. The lowest BCUT2D eigenvalue weighted by molar-refractivity contribution is 0.102. The third-order valence-electron chi connectivity index (χ3n) is 5.28. The Hall–Kier alpha value is -2.87. The fourth-order valence-electron chi connectivity index (χ4n) is 3.64. The summed E-state index contributed by atoms with van der Waals surface area (Å²) in [6.45, 7) is 0.818. The van der Waals surface area contributed by atoms with Crippen molar-refractivity contribution >= 4 is 44.6 Å². The molecule has 31 heavy (non-hydrogen) atoms. The first-order chi connectivity index (χ1) is 14.8. The van der Waals surface area contributed by atoms with Gasteiger partial charge in [0, 0.05) is 31.9 Å². The van der Waals surface area contributed by atoms with Crippen molar-refractivity contribution in [2.45, 2.75) is 11.3 Å². The van der Waals surface area contributed by atoms with Crippen molar-refractivity contribution in [1.82, 2.24) is 4.31 Å². The van der Waals surface area contributed by atoms with E-state index in [1.165, 1.54) is 37.9 Å². The van der Waals surface area contributed by atoms with Crippen molar-refractivity contribution in [2.75, 3.05) is 30.9 Å². The monoisotopic (exact) mass is 455 g/mol. The number of sulfonamides is 1. The van der Waals surface area contributed by atoms with Gasteiger partial charge in [0.2, 0.25) is 10.0 Å². The van der Waals surface area contributed by atoms with Crippen molar-refractivity contribution in [1.29, 1.82) is 0 Å². The van der Waals surface area contributed by atoms with Gasteiger partial charge < -0.3 is 10.2 Å². The van der Waals surface area contributed by atoms with Crippen molar-refractivity contribution in [3.63, 3.8) is 0 Å². The number of fused-ring (bicyclic) bond motifs is 1. The summed E-state index contributed by atoms with van der Waals surface area (Å²) in [5, 5.41) is 3.00. The molecule has 1 aliphatic rings. The molecule has 0 radical (unpaired) electrons. The highest BCUT2D eigenvalue weighted by Gasteiger charge is 2.24. The van der Waals surface area contributed by atoms with Gasteiger partial charge in [-0.2, -0.15) is 0 Å². The molecule has 160 valence electrons. The molecule has 0 fully saturated rings. The van der Waals surface area contributed by atoms with E-state index in [2.05, 4.69) is 22.3 Å². The van der Waals surface area contributed by atoms with Gasteiger partial charge in [-0.05, 0) is 48.4 Å². The van der Waals surface area contributed by atoms with Gasteiger partial charge in [-0.3, -0.25) is 4.79 Å². The summed E-state index contributed by atoms with van der Waals surface area (Å²) in [6.07, 6.45) is 0.932. The minimum Gasteiger partial charge on any atom is -0.339 e. The zero-order valence-corrected chi connectivity index (χ0v) is 18.7. The Balaban J connectivity index is 1.66. The van der Waals surface area contributed by atoms with Gasteiger partial charge >= 0.3 is 0 Å². The van der Waals surface area contributed by atoms with Crippen LogP contribution in [0.5, 0.6) is 0 Å². The number of hydrogen-bond acceptors (Lipinski definition) is 4. The van der Waals surface area contributed by atoms with Gasteiger partial charge in [-0.15, -0.1) is 0 Å². The normalized spacial score (nSPS) is 13.4. The summed E-state index contributed by atoms with van der Waals surface area (Å²) < 4.78 is 26.1. The number of para-hydroxylation sites is 3. The molecule has 0 aliphatic carbocycles. The van der Waals surface area contributed by atoms with E-state index in [4.69, 9.17) is 11.6 Å². The Labute approximate surface area is 187 Å². The molecule has 0 saturated carbocycles. The molecule has 6 nitrogen and oxygen atoms in total. The second-order valence-electron chi connectivity index (χ2n) is 7.43. The van der Waals surface area contributed by atoms with E-state index < -0.39 is 15.9 Å². The van der Waals surface area contributed by atoms with Crippen LogP contribution in [0.1, 0.15) is 15.9 Å². The number of amides is 1. The highest BCUT2D eigenvalue weighted by Crippen LogP contribution is 2.38. The smallest absolute Gasteiger partial charge is 0.255 e. The average molecular weight is 456 g/mol. The van der Waals surface area contributed by atoms with Crippen LogP contribution < -0.4 is 10.2 Å². The van der Waals surface area contributed by atoms with Gasteiger partial charge in [-0.1, -0.05) is 41.9 Å². The molecule has 0 aromatic heterocycles. The van der Waals surface area contributed by atoms with Crippen LogP contribution in [-0.4, -0.2) is 39.3 Å². The highest BCUT2D eigenvalue weighted by atomic mass is 35.5. The summed E-state index contributed by atoms with van der Waals surface area (Å²) in [5.41, 5.74) is 4.13. The van der Waals surface area contributed by atoms with E-state index in [-0.39, 0.29) is 15.5 Å². The second-order valence-corrected chi connectivity index (χ2v) is 9.96. The van der Waals surface area contributed by atoms with Gasteiger partial charge in [0.05, 0.1) is 16.4 Å². The van der Waals surface area contributed by atoms with Crippen molar-refractivity contribution in [2.24, 2.45) is 0 Å². The zero-order chi connectivity index (χ0) is 22.2. The number of hydrogen-bond donors (Lipinski definition) is 1. The maximum atomic E-state index is 13.0. The lowest BCUT2D eigenvalue weighted by Gasteiger charge is -2.23. The van der Waals surface area contributed by atoms with Crippen LogP contribution in [0.4, 0.5) is 17.1 Å². The van der Waals surface area contributed by atoms with E-state index in [1.54, 1.807) is 0 Å². The lowest BCUT2D eigenvalue weighted by Crippen LogP contribution is -2.23. The summed E-state index contributed by atoms with van der Waals surface area (Å²) in [4.78, 5) is 15.1. The Morgan fingerprint density at radius 1 is 1.00 bits per heavy atom. The number of nitrogens with one attached hydrogen (secondary N) is 1. The third kappa shape index (κ3) is 4.04. The number of nitrogens with zero attached hydrogens (tertiary/aromatic N) is 2. The molecule has 0 spiro atoms. The van der Waals surface area contributed by atoms with E-state index in [0.717, 1.165) is 28.6 Å². The van der Waals surface area contributed by atoms with E-state index in [9.17, 15) is 13.2 Å². The minimum absolute atomic E-state index is 0.0688. The third-order valence-corrected chi connectivity index (χ3v) is 7.58. The Morgan fingerprint density at radius 3 is 2.42 bits per heavy atom. The van der Waals surface area contributed by atoms with Crippen LogP contribution in [0.15, 0.2) is 71.6 Å². The van der Waals surface area contributed by atoms with Crippen LogP contribution in [-0.2, 0) is 16.4 Å². The van der Waals surface area contributed by atoms with Gasteiger partial charge in [0.15, 0.2) is 0 Å². The predicted molar refractivity (Wildman–Crippen MR) is 124 cm³/mol. The number of carbonyl (C=O) groups excluding carboxylic acids is 1. The zero-order valence-electron chi connectivity index (χ0n) is 17.2. The van der Waals surface area contributed by atoms with Crippen LogP contribution >= 0.6 is 11.6 Å². The molecule has 0 bridgehead atoms. The quantitative estimate of drug-likeness (QED) is 0.613. The lowest BCUT2D eigenvalue weighted by atomic mass is 10.1. The molecule has 8 heteroatoms. The molecule has 1 aliphatic heterocycles. The number of benzene rings is 3. The van der Waals surface area contributed by atoms with Crippen LogP contribution in [0.2, 0.25) is 5.02 Å². The molecule has 0 saturated heterocycles.